The number of fused-ring (bicyclic) bond motifs is 3. The number of unbranched alkanes of at least 4 members (excludes halogenated alkanes) is 1. The Hall–Kier alpha value is -1.72. The zero-order chi connectivity index (χ0) is 17.7. The summed E-state index contributed by atoms with van der Waals surface area (Å²) >= 11 is 0. The van der Waals surface area contributed by atoms with E-state index in [9.17, 15) is 13.0 Å². The third kappa shape index (κ3) is 2.56. The normalized spacial score (nSPS) is 16.7. The number of rotatable bonds is 4. The van der Waals surface area contributed by atoms with E-state index in [2.05, 4.69) is 38.3 Å². The van der Waals surface area contributed by atoms with Crippen LogP contribution in [0.2, 0.25) is 0 Å². The van der Waals surface area contributed by atoms with Gasteiger partial charge in [0, 0.05) is 25.0 Å². The predicted octanol–water partition coefficient (Wildman–Crippen LogP) is 4.28. The van der Waals surface area contributed by atoms with Crippen LogP contribution in [0.1, 0.15) is 46.1 Å². The summed E-state index contributed by atoms with van der Waals surface area (Å²) in [6, 6.07) is 8.96. The van der Waals surface area contributed by atoms with Gasteiger partial charge in [-0.15, -0.1) is 0 Å². The second kappa shape index (κ2) is 5.67. The molecule has 1 N–H and O–H groups in total. The molecule has 0 radical (unpaired) electrons. The van der Waals surface area contributed by atoms with Gasteiger partial charge in [-0.05, 0) is 42.8 Å². The molecular weight excluding hydrogens is 322 g/mol. The minimum absolute atomic E-state index is 0.0520. The number of hydrogen-bond acceptors (Lipinski definition) is 2. The quantitative estimate of drug-likeness (QED) is 0.664. The van der Waals surface area contributed by atoms with Crippen LogP contribution in [-0.4, -0.2) is 29.8 Å². The molecule has 0 saturated heterocycles. The van der Waals surface area contributed by atoms with Gasteiger partial charge in [-0.2, -0.15) is 13.0 Å². The average Bonchev–Trinajstić information content (AvgIpc) is 2.71. The second-order valence-corrected chi connectivity index (χ2v) is 8.45. The molecule has 0 bridgehead atoms. The van der Waals surface area contributed by atoms with Gasteiger partial charge < -0.3 is 0 Å². The molecule has 0 spiro atoms. The Labute approximate surface area is 143 Å². The van der Waals surface area contributed by atoms with Crippen molar-refractivity contribution in [3.63, 3.8) is 0 Å². The molecule has 1 heterocycles. The molecule has 0 atom stereocenters. The van der Waals surface area contributed by atoms with Gasteiger partial charge in [-0.25, -0.2) is 0 Å². The average molecular weight is 346 g/mol. The Morgan fingerprint density at radius 3 is 2.46 bits per heavy atom. The summed E-state index contributed by atoms with van der Waals surface area (Å²) < 4.78 is 34.8. The van der Waals surface area contributed by atoms with Gasteiger partial charge in [-0.1, -0.05) is 19.4 Å². The maximum absolute atomic E-state index is 11.5. The second-order valence-electron chi connectivity index (χ2n) is 7.03. The molecule has 128 valence electrons. The zero-order valence-corrected chi connectivity index (χ0v) is 15.4. The fourth-order valence-corrected chi connectivity index (χ4v) is 4.14. The Kier molecular flexibility index (Phi) is 4.04. The van der Waals surface area contributed by atoms with Crippen LogP contribution in [0.25, 0.3) is 10.8 Å². The van der Waals surface area contributed by atoms with Crippen molar-refractivity contribution in [1.82, 2.24) is 0 Å². The van der Waals surface area contributed by atoms with Crippen LogP contribution in [-0.2, 0) is 15.5 Å². The highest BCUT2D eigenvalue weighted by Gasteiger charge is 2.44. The highest BCUT2D eigenvalue weighted by atomic mass is 32.2. The van der Waals surface area contributed by atoms with Crippen LogP contribution < -0.4 is 0 Å². The van der Waals surface area contributed by atoms with E-state index in [-0.39, 0.29) is 10.3 Å². The molecule has 2 aromatic carbocycles. The van der Waals surface area contributed by atoms with Gasteiger partial charge in [0.2, 0.25) is 5.69 Å². The van der Waals surface area contributed by atoms with E-state index in [0.29, 0.717) is 0 Å². The molecule has 3 rings (SSSR count). The van der Waals surface area contributed by atoms with Crippen LogP contribution in [0.15, 0.2) is 35.2 Å². The third-order valence-corrected chi connectivity index (χ3v) is 6.08. The lowest BCUT2D eigenvalue weighted by Gasteiger charge is -2.17. The van der Waals surface area contributed by atoms with Crippen LogP contribution in [0.5, 0.6) is 0 Å². The van der Waals surface area contributed by atoms with Crippen LogP contribution >= 0.6 is 0 Å². The summed E-state index contributed by atoms with van der Waals surface area (Å²) in [7, 11) is -4.21. The molecule has 4 nitrogen and oxygen atoms in total. The van der Waals surface area contributed by atoms with Crippen LogP contribution in [0.4, 0.5) is 5.69 Å². The summed E-state index contributed by atoms with van der Waals surface area (Å²) in [5.41, 5.74) is 3.38. The minimum atomic E-state index is -4.21. The lowest BCUT2D eigenvalue weighted by Crippen LogP contribution is -2.26. The van der Waals surface area contributed by atoms with E-state index in [1.807, 2.05) is 6.07 Å². The molecule has 0 aromatic heterocycles. The summed E-state index contributed by atoms with van der Waals surface area (Å²) in [6.45, 7) is 9.63. The van der Waals surface area contributed by atoms with Crippen molar-refractivity contribution < 1.29 is 17.5 Å². The van der Waals surface area contributed by atoms with Gasteiger partial charge in [0.25, 0.3) is 10.1 Å². The monoisotopic (exact) mass is 346 g/mol. The largest absolute Gasteiger partial charge is 0.294 e. The molecule has 0 fully saturated rings. The molecular formula is C19H24NO3S+. The molecule has 24 heavy (non-hydrogen) atoms. The molecule has 0 unspecified atom stereocenters. The summed E-state index contributed by atoms with van der Waals surface area (Å²) in [5.74, 6) is 0. The molecule has 2 aromatic rings. The van der Waals surface area contributed by atoms with E-state index < -0.39 is 10.1 Å². The lowest BCUT2D eigenvalue weighted by molar-refractivity contribution is -0.439. The molecule has 0 aliphatic carbocycles. The number of benzene rings is 2. The number of nitrogens with zero attached hydrogens (tertiary/aromatic N) is 1. The van der Waals surface area contributed by atoms with Crippen LogP contribution in [0.3, 0.4) is 0 Å². The van der Waals surface area contributed by atoms with Gasteiger partial charge >= 0.3 is 0 Å². The van der Waals surface area contributed by atoms with Crippen molar-refractivity contribution in [3.8, 4) is 0 Å². The highest BCUT2D eigenvalue weighted by Crippen LogP contribution is 2.44. The highest BCUT2D eigenvalue weighted by molar-refractivity contribution is 7.85. The van der Waals surface area contributed by atoms with Gasteiger partial charge in [-0.3, -0.25) is 4.55 Å². The van der Waals surface area contributed by atoms with Gasteiger partial charge in [0.05, 0.1) is 10.3 Å². The maximum Gasteiger partial charge on any atom is 0.294 e. The minimum Gasteiger partial charge on any atom is -0.282 e. The van der Waals surface area contributed by atoms with Crippen LogP contribution in [0, 0.1) is 0 Å². The number of hydrogen-bond donors (Lipinski definition) is 1. The Morgan fingerprint density at radius 1 is 1.17 bits per heavy atom. The summed E-state index contributed by atoms with van der Waals surface area (Å²) in [5, 5.41) is 1.88. The molecule has 0 amide bonds. The summed E-state index contributed by atoms with van der Waals surface area (Å²) in [6.07, 6.45) is 2.23. The first kappa shape index (κ1) is 17.1. The molecule has 5 heteroatoms. The summed E-state index contributed by atoms with van der Waals surface area (Å²) in [4.78, 5) is -0.0520. The van der Waals surface area contributed by atoms with Crippen molar-refractivity contribution in [2.45, 2.75) is 50.8 Å². The smallest absolute Gasteiger partial charge is 0.282 e. The standard InChI is InChI=1S/C19H23NO3S/c1-5-6-11-20-13(2)19(3,4)18-16-12-15(24(21,22)23)9-7-14(16)8-10-17(18)20/h7-10,12H,5-6,11H2,1-4H3/p+1. The van der Waals surface area contributed by atoms with Crippen molar-refractivity contribution in [3.05, 3.63) is 35.9 Å². The molecule has 0 saturated carbocycles. The zero-order valence-electron chi connectivity index (χ0n) is 14.6. The SMILES string of the molecule is CCCC[N+]1=C(C)C(C)(C)c2c1ccc1ccc(S(=O)(=O)O)cc21. The fraction of sp³-hybridized carbons (Fsp3) is 0.421. The maximum atomic E-state index is 11.5. The first-order valence-electron chi connectivity index (χ1n) is 8.34. The predicted molar refractivity (Wildman–Crippen MR) is 97.2 cm³/mol. The first-order valence-corrected chi connectivity index (χ1v) is 9.78. The van der Waals surface area contributed by atoms with Crippen molar-refractivity contribution >= 4 is 32.3 Å². The third-order valence-electron chi connectivity index (χ3n) is 5.23. The van der Waals surface area contributed by atoms with Crippen molar-refractivity contribution in [2.75, 3.05) is 6.54 Å². The lowest BCUT2D eigenvalue weighted by atomic mass is 9.80. The Bertz CT molecular complexity index is 956. The van der Waals surface area contributed by atoms with Gasteiger partial charge in [0.15, 0.2) is 5.71 Å². The van der Waals surface area contributed by atoms with E-state index in [0.717, 1.165) is 41.4 Å². The van der Waals surface area contributed by atoms with E-state index in [1.54, 1.807) is 12.1 Å². The first-order chi connectivity index (χ1) is 11.2. The topological polar surface area (TPSA) is 57.4 Å². The van der Waals surface area contributed by atoms with E-state index in [1.165, 1.54) is 11.8 Å². The van der Waals surface area contributed by atoms with Crippen molar-refractivity contribution in [2.24, 2.45) is 0 Å². The molecule has 1 aliphatic rings. The van der Waals surface area contributed by atoms with Crippen molar-refractivity contribution in [1.29, 1.82) is 0 Å². The molecule has 1 aliphatic heterocycles. The van der Waals surface area contributed by atoms with E-state index in [4.69, 9.17) is 0 Å². The van der Waals surface area contributed by atoms with E-state index >= 15 is 0 Å². The Balaban J connectivity index is 2.30. The fourth-order valence-electron chi connectivity index (χ4n) is 3.63. The Morgan fingerprint density at radius 2 is 1.83 bits per heavy atom. The van der Waals surface area contributed by atoms with Gasteiger partial charge in [0.1, 0.15) is 6.54 Å².